The van der Waals surface area contributed by atoms with Crippen molar-refractivity contribution in [2.75, 3.05) is 0 Å². The van der Waals surface area contributed by atoms with Gasteiger partial charge < -0.3 is 0 Å². The number of rotatable bonds is 2. The van der Waals surface area contributed by atoms with E-state index in [0.717, 1.165) is 6.20 Å². The summed E-state index contributed by atoms with van der Waals surface area (Å²) in [6.45, 7) is 0. The Labute approximate surface area is 107 Å². The molecule has 0 saturated carbocycles. The zero-order valence-electron chi connectivity index (χ0n) is 6.92. The van der Waals surface area contributed by atoms with Crippen LogP contribution in [0, 0.1) is 3.57 Å². The van der Waals surface area contributed by atoms with Crippen LogP contribution in [0.4, 0.5) is 8.78 Å². The van der Waals surface area contributed by atoms with Crippen LogP contribution < -0.4 is 5.14 Å². The molecule has 0 aliphatic carbocycles. The van der Waals surface area contributed by atoms with Gasteiger partial charge >= 0.3 is 0 Å². The Morgan fingerprint density at radius 3 is 2.47 bits per heavy atom. The molecule has 0 aromatic carbocycles. The van der Waals surface area contributed by atoms with E-state index in [4.69, 9.17) is 5.14 Å². The fourth-order valence-electron chi connectivity index (χ4n) is 0.849. The molecule has 0 unspecified atom stereocenters. The predicted molar refractivity (Wildman–Crippen MR) is 61.0 cm³/mol. The highest BCUT2D eigenvalue weighted by Gasteiger charge is 2.23. The Bertz CT molecular complexity index is 494. The van der Waals surface area contributed by atoms with Gasteiger partial charge in [0.1, 0.15) is 9.50 Å². The molecule has 4 nitrogen and oxygen atoms in total. The van der Waals surface area contributed by atoms with Gasteiger partial charge in [-0.25, -0.2) is 27.3 Å². The molecule has 0 atom stereocenters. The number of hydrogen-bond donors (Lipinski definition) is 1. The average molecular weight is 413 g/mol. The summed E-state index contributed by atoms with van der Waals surface area (Å²) in [4.78, 5) is 3.10. The number of pyridine rings is 1. The lowest BCUT2D eigenvalue weighted by atomic mass is 10.3. The van der Waals surface area contributed by atoms with Crippen molar-refractivity contribution in [2.45, 2.75) is 11.3 Å². The highest BCUT2D eigenvalue weighted by atomic mass is 127. The van der Waals surface area contributed by atoms with Crippen molar-refractivity contribution in [3.05, 3.63) is 19.9 Å². The largest absolute Gasteiger partial charge is 0.267 e. The third-order valence-corrected chi connectivity index (χ3v) is 4.58. The summed E-state index contributed by atoms with van der Waals surface area (Å²) in [5, 5.41) is 4.84. The number of sulfonamides is 1. The third kappa shape index (κ3) is 2.82. The molecular weight excluding hydrogens is 409 g/mol. The minimum absolute atomic E-state index is 0.0886. The van der Waals surface area contributed by atoms with Crippen LogP contribution in [0.1, 0.15) is 12.0 Å². The van der Waals surface area contributed by atoms with E-state index < -0.39 is 26.9 Å². The maximum Gasteiger partial charge on any atom is 0.267 e. The van der Waals surface area contributed by atoms with E-state index >= 15 is 0 Å². The molecule has 0 bridgehead atoms. The van der Waals surface area contributed by atoms with Crippen molar-refractivity contribution in [3.63, 3.8) is 0 Å². The highest BCUT2D eigenvalue weighted by molar-refractivity contribution is 14.1. The molecule has 1 aromatic rings. The summed E-state index contributed by atoms with van der Waals surface area (Å²) >= 11 is 4.31. The van der Waals surface area contributed by atoms with Gasteiger partial charge in [0, 0.05) is 9.77 Å². The molecule has 1 rings (SSSR count). The number of alkyl halides is 2. The topological polar surface area (TPSA) is 73.1 Å². The number of halogens is 4. The fraction of sp³-hybridized carbons (Fsp3) is 0.167. The summed E-state index contributed by atoms with van der Waals surface area (Å²) in [6.07, 6.45) is -1.88. The molecule has 0 aliphatic heterocycles. The average Bonchev–Trinajstić information content (AvgIpc) is 2.00. The number of aromatic nitrogens is 1. The SMILES string of the molecule is NS(=O)(=O)c1cnc(Br)c(C(F)F)c1I. The van der Waals surface area contributed by atoms with E-state index in [1.165, 1.54) is 22.6 Å². The van der Waals surface area contributed by atoms with Crippen molar-refractivity contribution < 1.29 is 17.2 Å². The second-order valence-corrected chi connectivity index (χ2v) is 5.85. The van der Waals surface area contributed by atoms with Crippen LogP contribution >= 0.6 is 38.5 Å². The molecule has 1 heterocycles. The predicted octanol–water partition coefficient (Wildman–Crippen LogP) is 2.03. The smallest absolute Gasteiger partial charge is 0.247 e. The van der Waals surface area contributed by atoms with E-state index in [1.807, 2.05) is 0 Å². The van der Waals surface area contributed by atoms with E-state index in [-0.39, 0.29) is 8.17 Å². The molecule has 0 amide bonds. The molecule has 9 heteroatoms. The van der Waals surface area contributed by atoms with E-state index in [1.54, 1.807) is 0 Å². The molecular formula is C6H4BrF2IN2O2S. The van der Waals surface area contributed by atoms with E-state index in [2.05, 4.69) is 20.9 Å². The lowest BCUT2D eigenvalue weighted by Gasteiger charge is -2.08. The molecule has 2 N–H and O–H groups in total. The molecule has 0 saturated heterocycles. The number of primary sulfonamides is 1. The lowest BCUT2D eigenvalue weighted by Crippen LogP contribution is -2.15. The van der Waals surface area contributed by atoms with Crippen LogP contribution in [-0.2, 0) is 10.0 Å². The zero-order chi connectivity index (χ0) is 11.8. The first kappa shape index (κ1) is 13.2. The van der Waals surface area contributed by atoms with Gasteiger partial charge in [-0.2, -0.15) is 0 Å². The number of nitrogens with two attached hydrogens (primary N) is 1. The first-order valence-electron chi connectivity index (χ1n) is 3.40. The Balaban J connectivity index is 3.56. The molecule has 84 valence electrons. The van der Waals surface area contributed by atoms with Crippen LogP contribution in [0.15, 0.2) is 15.7 Å². The zero-order valence-corrected chi connectivity index (χ0v) is 11.5. The van der Waals surface area contributed by atoms with Crippen LogP contribution in [0.2, 0.25) is 0 Å². The second kappa shape index (κ2) is 4.55. The van der Waals surface area contributed by atoms with Gasteiger partial charge in [0.25, 0.3) is 6.43 Å². The van der Waals surface area contributed by atoms with Crippen molar-refractivity contribution >= 4 is 48.5 Å². The number of hydrogen-bond acceptors (Lipinski definition) is 3. The van der Waals surface area contributed by atoms with Gasteiger partial charge in [-0.1, -0.05) is 0 Å². The molecule has 0 fully saturated rings. The lowest BCUT2D eigenvalue weighted by molar-refractivity contribution is 0.148. The van der Waals surface area contributed by atoms with Gasteiger partial charge in [-0.05, 0) is 38.5 Å². The second-order valence-electron chi connectivity index (χ2n) is 2.49. The van der Waals surface area contributed by atoms with Crippen LogP contribution in [0.5, 0.6) is 0 Å². The van der Waals surface area contributed by atoms with Crippen molar-refractivity contribution in [3.8, 4) is 0 Å². The molecule has 1 aromatic heterocycles. The standard InChI is InChI=1S/C6H4BrF2IN2O2S/c7-5-3(6(8)9)4(10)2(1-12-5)15(11,13)14/h1,6H,(H2,11,13,14). The quantitative estimate of drug-likeness (QED) is 0.596. The van der Waals surface area contributed by atoms with E-state index in [0.29, 0.717) is 0 Å². The minimum atomic E-state index is -4.03. The van der Waals surface area contributed by atoms with Crippen LogP contribution in [0.3, 0.4) is 0 Å². The summed E-state index contributed by atoms with van der Waals surface area (Å²) in [5.41, 5.74) is -0.470. The first-order valence-corrected chi connectivity index (χ1v) is 6.81. The van der Waals surface area contributed by atoms with Gasteiger partial charge in [-0.15, -0.1) is 0 Å². The van der Waals surface area contributed by atoms with E-state index in [9.17, 15) is 17.2 Å². The first-order chi connectivity index (χ1) is 6.75. The third-order valence-electron chi connectivity index (χ3n) is 1.49. The Hall–Kier alpha value is 0.130. The highest BCUT2D eigenvalue weighted by Crippen LogP contribution is 2.33. The van der Waals surface area contributed by atoms with Crippen molar-refractivity contribution in [1.82, 2.24) is 4.98 Å². The minimum Gasteiger partial charge on any atom is -0.247 e. The van der Waals surface area contributed by atoms with Crippen LogP contribution in [-0.4, -0.2) is 13.4 Å². The Morgan fingerprint density at radius 1 is 1.53 bits per heavy atom. The Kier molecular flexibility index (Phi) is 4.01. The molecule has 0 spiro atoms. The monoisotopic (exact) mass is 412 g/mol. The molecule has 0 radical (unpaired) electrons. The molecule has 0 aliphatic rings. The van der Waals surface area contributed by atoms with Gasteiger partial charge in [0.05, 0.1) is 5.56 Å². The maximum atomic E-state index is 12.5. The van der Waals surface area contributed by atoms with Crippen molar-refractivity contribution in [2.24, 2.45) is 5.14 Å². The van der Waals surface area contributed by atoms with Gasteiger partial charge in [0.2, 0.25) is 10.0 Å². The summed E-state index contributed by atoms with van der Waals surface area (Å²) in [7, 11) is -4.03. The fourth-order valence-corrected chi connectivity index (χ4v) is 3.80. The normalized spacial score (nSPS) is 12.1. The molecule has 15 heavy (non-hydrogen) atoms. The Morgan fingerprint density at radius 2 is 2.07 bits per heavy atom. The summed E-state index contributed by atoms with van der Waals surface area (Å²) in [6, 6.07) is 0. The van der Waals surface area contributed by atoms with Gasteiger partial charge in [0.15, 0.2) is 0 Å². The summed E-state index contributed by atoms with van der Waals surface area (Å²) in [5.74, 6) is 0. The van der Waals surface area contributed by atoms with Crippen molar-refractivity contribution in [1.29, 1.82) is 0 Å². The van der Waals surface area contributed by atoms with Gasteiger partial charge in [-0.3, -0.25) is 0 Å². The van der Waals surface area contributed by atoms with Crippen LogP contribution in [0.25, 0.3) is 0 Å². The maximum absolute atomic E-state index is 12.5. The summed E-state index contributed by atoms with van der Waals surface area (Å²) < 4.78 is 46.9. The number of nitrogens with zero attached hydrogens (tertiary/aromatic N) is 1.